The van der Waals surface area contributed by atoms with Gasteiger partial charge in [0.1, 0.15) is 17.1 Å². The molecule has 1 aromatic heterocycles. The van der Waals surface area contributed by atoms with Gasteiger partial charge in [0.05, 0.1) is 102 Å². The lowest BCUT2D eigenvalue weighted by atomic mass is 9.89. The maximum atomic E-state index is 14.6. The van der Waals surface area contributed by atoms with Crippen LogP contribution in [0, 0.1) is 23.7 Å². The Morgan fingerprint density at radius 3 is 2.01 bits per heavy atom. The average Bonchev–Trinajstić information content (AvgIpc) is 4.07. The molecule has 4 amide bonds. The van der Waals surface area contributed by atoms with Crippen LogP contribution in [0.4, 0.5) is 0 Å². The predicted octanol–water partition coefficient (Wildman–Crippen LogP) is 5.63. The molecule has 2 heterocycles. The first-order valence-electron chi connectivity index (χ1n) is 25.1. The molecule has 1 saturated heterocycles. The van der Waals surface area contributed by atoms with Gasteiger partial charge >= 0.3 is 5.97 Å². The summed E-state index contributed by atoms with van der Waals surface area (Å²) in [5.41, 5.74) is 1.07. The maximum Gasteiger partial charge on any atom is 0.305 e. The Morgan fingerprint density at radius 1 is 0.859 bits per heavy atom. The molecule has 1 aliphatic rings. The summed E-state index contributed by atoms with van der Waals surface area (Å²) in [6.07, 6.45) is 3.09. The quantitative estimate of drug-likeness (QED) is 0.0559. The van der Waals surface area contributed by atoms with E-state index >= 15 is 0 Å². The van der Waals surface area contributed by atoms with Crippen LogP contribution >= 0.6 is 23.1 Å². The number of nitrogens with zero attached hydrogens (tertiary/aromatic N) is 4. The number of likely N-dealkylation sites (tertiary alicyclic amines) is 1. The molecule has 402 valence electrons. The highest BCUT2D eigenvalue weighted by molar-refractivity contribution is 7.09. The van der Waals surface area contributed by atoms with Crippen LogP contribution in [0.25, 0.3) is 0 Å². The molecular formula is C51H83ClN6O12S. The Kier molecular flexibility index (Phi) is 28.7. The molecule has 1 aliphatic heterocycles. The molecule has 0 saturated carbocycles. The zero-order valence-electron chi connectivity index (χ0n) is 43.7. The molecule has 2 aromatic rings. The number of hydrogen-bond acceptors (Lipinski definition) is 14. The van der Waals surface area contributed by atoms with E-state index in [4.69, 9.17) is 45.3 Å². The topological polar surface area (TPSA) is 208 Å². The number of nitrogens with one attached hydrogen (secondary N) is 2. The van der Waals surface area contributed by atoms with Crippen molar-refractivity contribution in [2.45, 2.75) is 129 Å². The number of ether oxygens (including phenoxy) is 6. The number of benzene rings is 1. The standard InChI is InChI=1S/C51H83ClN6O12S/c1-11-36(6)46(56(8)51(64)44(34(2)3)55-49(63)45(35(4)5)58(52)22-24-68-26-28-70-30-29-69-27-25-67-23-19-43(60)61)41(65-9)33-42(59)57-21-15-18-40(57)47(66-10)37(7)48(62)54-39(50-53-20-31-71-50)32-38-16-13-12-14-17-38/h12-14,16-17,20,31,34-37,39-41,44-47H,11,15,18-19,21-30,32-33H2,1-10H3,(H,54,62)(H,55,63)(H,60,61)/t36-,37+,39-,40-,41+,44-,45-,46-,47+/m0/s1. The van der Waals surface area contributed by atoms with E-state index in [9.17, 15) is 24.0 Å². The SMILES string of the molecule is CC[C@H](C)[C@@H]([C@@H](CC(=O)N1CCC[C@H]1[C@H](OC)[C@@H](C)C(=O)N[C@@H](Cc1ccccc1)c1nccs1)OC)N(C)C(=O)[C@@H](NC(=O)[C@H](C(C)C)N(Cl)CCOCCOCCOCCOCCC(=O)O)C(C)C. The zero-order valence-corrected chi connectivity index (χ0v) is 45.3. The van der Waals surface area contributed by atoms with Crippen molar-refractivity contribution in [1.29, 1.82) is 0 Å². The minimum Gasteiger partial charge on any atom is -0.481 e. The molecule has 9 atom stereocenters. The fourth-order valence-corrected chi connectivity index (χ4v) is 10.1. The van der Waals surface area contributed by atoms with Gasteiger partial charge in [0.15, 0.2) is 0 Å². The van der Waals surface area contributed by atoms with Crippen LogP contribution in [-0.2, 0) is 58.8 Å². The summed E-state index contributed by atoms with van der Waals surface area (Å²) in [6, 6.07) is 7.07. The molecule has 1 aromatic carbocycles. The zero-order chi connectivity index (χ0) is 52.5. The van der Waals surface area contributed by atoms with E-state index in [-0.39, 0.29) is 80.2 Å². The van der Waals surface area contributed by atoms with Gasteiger partial charge in [0.2, 0.25) is 23.6 Å². The van der Waals surface area contributed by atoms with Crippen molar-refractivity contribution in [3.05, 3.63) is 52.5 Å². The predicted molar refractivity (Wildman–Crippen MR) is 273 cm³/mol. The van der Waals surface area contributed by atoms with Gasteiger partial charge in [-0.3, -0.25) is 24.0 Å². The minimum atomic E-state index is -0.909. The number of methoxy groups -OCH3 is 2. The van der Waals surface area contributed by atoms with E-state index in [2.05, 4.69) is 15.6 Å². The third-order valence-electron chi connectivity index (χ3n) is 13.1. The van der Waals surface area contributed by atoms with E-state index in [1.807, 2.05) is 89.1 Å². The lowest BCUT2D eigenvalue weighted by Crippen LogP contribution is -2.59. The van der Waals surface area contributed by atoms with Crippen LogP contribution in [-0.4, -0.2) is 177 Å². The van der Waals surface area contributed by atoms with E-state index < -0.39 is 48.1 Å². The highest BCUT2D eigenvalue weighted by atomic mass is 35.5. The molecule has 0 bridgehead atoms. The van der Waals surface area contributed by atoms with Crippen molar-refractivity contribution in [3.63, 3.8) is 0 Å². The van der Waals surface area contributed by atoms with Crippen LogP contribution < -0.4 is 10.6 Å². The van der Waals surface area contributed by atoms with Gasteiger partial charge < -0.3 is 54.0 Å². The number of halogens is 1. The smallest absolute Gasteiger partial charge is 0.305 e. The lowest BCUT2D eigenvalue weighted by molar-refractivity contribution is -0.148. The summed E-state index contributed by atoms with van der Waals surface area (Å²) < 4.78 is 35.4. The van der Waals surface area contributed by atoms with Crippen LogP contribution in [0.3, 0.4) is 0 Å². The molecule has 1 fully saturated rings. The minimum absolute atomic E-state index is 0.00750. The Balaban J connectivity index is 1.61. The number of hydrogen-bond donors (Lipinski definition) is 3. The number of carboxylic acid groups (broad SMARTS) is 1. The fourth-order valence-electron chi connectivity index (χ4n) is 9.00. The average molecular weight is 1040 g/mol. The van der Waals surface area contributed by atoms with Crippen molar-refractivity contribution in [3.8, 4) is 0 Å². The summed E-state index contributed by atoms with van der Waals surface area (Å²) in [5, 5.41) is 17.6. The second-order valence-electron chi connectivity index (χ2n) is 18.8. The highest BCUT2D eigenvalue weighted by Crippen LogP contribution is 2.31. The van der Waals surface area contributed by atoms with Gasteiger partial charge in [-0.25, -0.2) is 9.40 Å². The number of rotatable bonds is 36. The Bertz CT molecular complexity index is 1850. The second-order valence-corrected chi connectivity index (χ2v) is 20.2. The third kappa shape index (κ3) is 20.2. The molecule has 3 rings (SSSR count). The van der Waals surface area contributed by atoms with Crippen LogP contribution in [0.2, 0.25) is 0 Å². The van der Waals surface area contributed by atoms with Crippen molar-refractivity contribution in [2.75, 3.05) is 87.2 Å². The van der Waals surface area contributed by atoms with Crippen LogP contribution in [0.1, 0.15) is 97.2 Å². The van der Waals surface area contributed by atoms with E-state index in [1.54, 1.807) is 32.4 Å². The van der Waals surface area contributed by atoms with E-state index in [1.165, 1.54) is 15.8 Å². The van der Waals surface area contributed by atoms with Crippen LogP contribution in [0.15, 0.2) is 41.9 Å². The first-order chi connectivity index (χ1) is 34.0. The van der Waals surface area contributed by atoms with Gasteiger partial charge in [-0.1, -0.05) is 85.2 Å². The summed E-state index contributed by atoms with van der Waals surface area (Å²) in [4.78, 5) is 75.6. The van der Waals surface area contributed by atoms with Crippen molar-refractivity contribution >= 4 is 52.7 Å². The molecule has 3 N–H and O–H groups in total. The first-order valence-corrected chi connectivity index (χ1v) is 26.3. The van der Waals surface area contributed by atoms with Crippen molar-refractivity contribution in [2.24, 2.45) is 23.7 Å². The fraction of sp³-hybridized carbons (Fsp3) is 0.725. The normalized spacial score (nSPS) is 17.4. The molecule has 0 unspecified atom stereocenters. The summed E-state index contributed by atoms with van der Waals surface area (Å²) in [7, 11) is 4.84. The maximum absolute atomic E-state index is 14.6. The molecule has 0 spiro atoms. The molecule has 71 heavy (non-hydrogen) atoms. The van der Waals surface area contributed by atoms with Crippen molar-refractivity contribution < 1.29 is 57.5 Å². The summed E-state index contributed by atoms with van der Waals surface area (Å²) in [5.74, 6) is -3.12. The summed E-state index contributed by atoms with van der Waals surface area (Å²) in [6.45, 7) is 16.5. The number of aromatic nitrogens is 1. The molecule has 20 heteroatoms. The van der Waals surface area contributed by atoms with Crippen LogP contribution in [0.5, 0.6) is 0 Å². The number of carbonyl (C=O) groups is 5. The molecule has 18 nitrogen and oxygen atoms in total. The van der Waals surface area contributed by atoms with Gasteiger partial charge in [0, 0.05) is 45.9 Å². The van der Waals surface area contributed by atoms with Gasteiger partial charge in [-0.05, 0) is 54.4 Å². The largest absolute Gasteiger partial charge is 0.481 e. The molecule has 0 aliphatic carbocycles. The lowest BCUT2D eigenvalue weighted by Gasteiger charge is -2.41. The Morgan fingerprint density at radius 2 is 1.48 bits per heavy atom. The van der Waals surface area contributed by atoms with Gasteiger partial charge in [0.25, 0.3) is 0 Å². The third-order valence-corrected chi connectivity index (χ3v) is 14.3. The number of carbonyl (C=O) groups excluding carboxylic acids is 4. The first kappa shape index (κ1) is 61.5. The van der Waals surface area contributed by atoms with Gasteiger partial charge in [-0.2, -0.15) is 0 Å². The Hall–Kier alpha value is -3.79. The Labute approximate surface area is 431 Å². The molecular weight excluding hydrogens is 956 g/mol. The van der Waals surface area contributed by atoms with E-state index in [0.717, 1.165) is 17.0 Å². The summed E-state index contributed by atoms with van der Waals surface area (Å²) >= 11 is 8.23. The second kappa shape index (κ2) is 33.1. The van der Waals surface area contributed by atoms with Crippen molar-refractivity contribution in [1.82, 2.24) is 29.8 Å². The monoisotopic (exact) mass is 1040 g/mol. The number of aliphatic carboxylic acids is 1. The highest BCUT2D eigenvalue weighted by Gasteiger charge is 2.43. The number of amides is 4. The number of thiazole rings is 1. The van der Waals surface area contributed by atoms with E-state index in [0.29, 0.717) is 65.4 Å². The van der Waals surface area contributed by atoms with Gasteiger partial charge in [-0.15, -0.1) is 11.3 Å². The number of likely N-dealkylation sites (N-methyl/N-ethyl adjacent to an activating group) is 1. The molecule has 0 radical (unpaired) electrons. The number of carboxylic acids is 1.